The van der Waals surface area contributed by atoms with Gasteiger partial charge in [-0.15, -0.1) is 0 Å². The predicted molar refractivity (Wildman–Crippen MR) is 97.9 cm³/mol. The van der Waals surface area contributed by atoms with Gasteiger partial charge in [0, 0.05) is 31.9 Å². The largest absolute Gasteiger partial charge is 0.497 e. The number of ether oxygens (including phenoxy) is 1. The average Bonchev–Trinajstić information content (AvgIpc) is 3.03. The maximum Gasteiger partial charge on any atom is 0.245 e. The number of carbonyl (C=O) groups is 1. The molecular formula is C19H26N4O2. The van der Waals surface area contributed by atoms with E-state index in [1.165, 1.54) is 5.56 Å². The highest BCUT2D eigenvalue weighted by molar-refractivity contribution is 5.97. The van der Waals surface area contributed by atoms with Crippen LogP contribution in [-0.4, -0.2) is 41.4 Å². The number of carbonyl (C=O) groups excluding carboxylic acids is 1. The third-order valence-electron chi connectivity index (χ3n) is 4.60. The standard InChI is InChI=1S/C19H26N4O2/c1-14(13-15-6-8-16(25-3)9-7-15)20-17-5-4-11-23(19(17)24)18-10-12-22(2)21-18/h6-10,12,14,17,20H,4-5,11,13H2,1-3H3. The van der Waals surface area contributed by atoms with Gasteiger partial charge in [0.15, 0.2) is 5.82 Å². The molecule has 25 heavy (non-hydrogen) atoms. The van der Waals surface area contributed by atoms with Gasteiger partial charge in [0.25, 0.3) is 0 Å². The minimum atomic E-state index is -0.149. The Bertz CT molecular complexity index is 710. The van der Waals surface area contributed by atoms with E-state index in [0.717, 1.165) is 37.4 Å². The van der Waals surface area contributed by atoms with Crippen LogP contribution in [0.5, 0.6) is 5.75 Å². The summed E-state index contributed by atoms with van der Waals surface area (Å²) in [6.07, 6.45) is 4.59. The first-order valence-corrected chi connectivity index (χ1v) is 8.77. The van der Waals surface area contributed by atoms with Gasteiger partial charge in [-0.1, -0.05) is 12.1 Å². The fourth-order valence-corrected chi connectivity index (χ4v) is 3.32. The molecule has 2 unspecified atom stereocenters. The van der Waals surface area contributed by atoms with Crippen LogP contribution in [0.15, 0.2) is 36.5 Å². The molecule has 1 aliphatic rings. The minimum absolute atomic E-state index is 0.117. The fraction of sp³-hybridized carbons (Fsp3) is 0.474. The Morgan fingerprint density at radius 1 is 1.32 bits per heavy atom. The summed E-state index contributed by atoms with van der Waals surface area (Å²) in [5.41, 5.74) is 1.23. The lowest BCUT2D eigenvalue weighted by atomic mass is 10.0. The molecule has 1 aliphatic heterocycles. The number of methoxy groups -OCH3 is 1. The molecule has 134 valence electrons. The van der Waals surface area contributed by atoms with E-state index in [4.69, 9.17) is 4.74 Å². The summed E-state index contributed by atoms with van der Waals surface area (Å²) >= 11 is 0. The third kappa shape index (κ3) is 4.20. The van der Waals surface area contributed by atoms with E-state index >= 15 is 0 Å². The highest BCUT2D eigenvalue weighted by atomic mass is 16.5. The molecule has 1 aromatic heterocycles. The first-order valence-electron chi connectivity index (χ1n) is 8.77. The lowest BCUT2D eigenvalue weighted by Crippen LogP contribution is -2.53. The van der Waals surface area contributed by atoms with E-state index in [1.54, 1.807) is 16.7 Å². The minimum Gasteiger partial charge on any atom is -0.497 e. The molecule has 6 heteroatoms. The van der Waals surface area contributed by atoms with Crippen LogP contribution in [0.25, 0.3) is 0 Å². The van der Waals surface area contributed by atoms with Crippen LogP contribution >= 0.6 is 0 Å². The molecule has 1 amide bonds. The van der Waals surface area contributed by atoms with E-state index in [-0.39, 0.29) is 18.0 Å². The van der Waals surface area contributed by atoms with Crippen molar-refractivity contribution in [1.82, 2.24) is 15.1 Å². The number of hydrogen-bond acceptors (Lipinski definition) is 4. The molecule has 6 nitrogen and oxygen atoms in total. The van der Waals surface area contributed by atoms with Crippen LogP contribution < -0.4 is 15.0 Å². The molecular weight excluding hydrogens is 316 g/mol. The zero-order chi connectivity index (χ0) is 17.8. The highest BCUT2D eigenvalue weighted by Gasteiger charge is 2.31. The van der Waals surface area contributed by atoms with Gasteiger partial charge in [-0.2, -0.15) is 5.10 Å². The van der Waals surface area contributed by atoms with Crippen LogP contribution in [0.1, 0.15) is 25.3 Å². The molecule has 0 saturated carbocycles. The van der Waals surface area contributed by atoms with Crippen molar-refractivity contribution in [3.63, 3.8) is 0 Å². The summed E-state index contributed by atoms with van der Waals surface area (Å²) in [6, 6.07) is 10.0. The second-order valence-electron chi connectivity index (χ2n) is 6.65. The third-order valence-corrected chi connectivity index (χ3v) is 4.60. The van der Waals surface area contributed by atoms with Crippen molar-refractivity contribution in [1.29, 1.82) is 0 Å². The Hall–Kier alpha value is -2.34. The van der Waals surface area contributed by atoms with Crippen molar-refractivity contribution in [2.45, 2.75) is 38.3 Å². The van der Waals surface area contributed by atoms with Gasteiger partial charge >= 0.3 is 0 Å². The molecule has 0 radical (unpaired) electrons. The van der Waals surface area contributed by atoms with Crippen molar-refractivity contribution >= 4 is 11.7 Å². The van der Waals surface area contributed by atoms with Crippen LogP contribution in [-0.2, 0) is 18.3 Å². The number of nitrogens with zero attached hydrogens (tertiary/aromatic N) is 3. The van der Waals surface area contributed by atoms with Gasteiger partial charge in [0.05, 0.1) is 13.2 Å². The quantitative estimate of drug-likeness (QED) is 0.874. The maximum atomic E-state index is 12.8. The molecule has 0 aliphatic carbocycles. The normalized spacial score (nSPS) is 19.1. The number of piperidine rings is 1. The molecule has 2 heterocycles. The Morgan fingerprint density at radius 2 is 2.08 bits per heavy atom. The molecule has 2 aromatic rings. The van der Waals surface area contributed by atoms with Crippen molar-refractivity contribution in [3.8, 4) is 5.75 Å². The van der Waals surface area contributed by atoms with Gasteiger partial charge in [0.1, 0.15) is 5.75 Å². The van der Waals surface area contributed by atoms with Crippen molar-refractivity contribution in [2.24, 2.45) is 7.05 Å². The summed E-state index contributed by atoms with van der Waals surface area (Å²) in [5, 5.41) is 7.86. The Labute approximate surface area is 148 Å². The van der Waals surface area contributed by atoms with Crippen molar-refractivity contribution in [2.75, 3.05) is 18.6 Å². The molecule has 0 bridgehead atoms. The highest BCUT2D eigenvalue weighted by Crippen LogP contribution is 2.20. The topological polar surface area (TPSA) is 59.4 Å². The SMILES string of the molecule is COc1ccc(CC(C)NC2CCCN(c3ccn(C)n3)C2=O)cc1. The molecule has 0 spiro atoms. The molecule has 1 fully saturated rings. The first-order chi connectivity index (χ1) is 12.1. The van der Waals surface area contributed by atoms with Crippen LogP contribution in [0.3, 0.4) is 0 Å². The van der Waals surface area contributed by atoms with E-state index in [1.807, 2.05) is 31.4 Å². The number of anilines is 1. The predicted octanol–water partition coefficient (Wildman–Crippen LogP) is 2.14. The van der Waals surface area contributed by atoms with Crippen LogP contribution in [0.4, 0.5) is 5.82 Å². The van der Waals surface area contributed by atoms with E-state index in [9.17, 15) is 4.79 Å². The molecule has 3 rings (SSSR count). The second kappa shape index (κ2) is 7.70. The number of nitrogens with one attached hydrogen (secondary N) is 1. The zero-order valence-corrected chi connectivity index (χ0v) is 15.1. The van der Waals surface area contributed by atoms with Crippen molar-refractivity contribution in [3.05, 3.63) is 42.1 Å². The number of benzene rings is 1. The van der Waals surface area contributed by atoms with E-state index < -0.39 is 0 Å². The lowest BCUT2D eigenvalue weighted by Gasteiger charge is -2.33. The summed E-state index contributed by atoms with van der Waals surface area (Å²) in [4.78, 5) is 14.6. The Morgan fingerprint density at radius 3 is 2.72 bits per heavy atom. The Balaban J connectivity index is 1.59. The van der Waals surface area contributed by atoms with E-state index in [2.05, 4.69) is 29.5 Å². The van der Waals surface area contributed by atoms with Gasteiger partial charge < -0.3 is 10.1 Å². The van der Waals surface area contributed by atoms with Crippen molar-refractivity contribution < 1.29 is 9.53 Å². The summed E-state index contributed by atoms with van der Waals surface area (Å²) < 4.78 is 6.92. The number of aromatic nitrogens is 2. The van der Waals surface area contributed by atoms with Gasteiger partial charge in [-0.05, 0) is 43.9 Å². The summed E-state index contributed by atoms with van der Waals surface area (Å²) in [7, 11) is 3.53. The van der Waals surface area contributed by atoms with E-state index in [0.29, 0.717) is 0 Å². The fourth-order valence-electron chi connectivity index (χ4n) is 3.32. The number of amides is 1. The molecule has 1 aromatic carbocycles. The summed E-state index contributed by atoms with van der Waals surface area (Å²) in [6.45, 7) is 2.86. The van der Waals surface area contributed by atoms with Crippen LogP contribution in [0.2, 0.25) is 0 Å². The van der Waals surface area contributed by atoms with Gasteiger partial charge in [-0.25, -0.2) is 0 Å². The lowest BCUT2D eigenvalue weighted by molar-refractivity contribution is -0.122. The second-order valence-corrected chi connectivity index (χ2v) is 6.65. The maximum absolute atomic E-state index is 12.8. The number of hydrogen-bond donors (Lipinski definition) is 1. The molecule has 1 saturated heterocycles. The first kappa shape index (κ1) is 17.5. The molecule has 1 N–H and O–H groups in total. The Kier molecular flexibility index (Phi) is 5.38. The molecule has 2 atom stereocenters. The monoisotopic (exact) mass is 342 g/mol. The number of rotatable bonds is 6. The van der Waals surface area contributed by atoms with Gasteiger partial charge in [-0.3, -0.25) is 14.4 Å². The zero-order valence-electron chi connectivity index (χ0n) is 15.1. The van der Waals surface area contributed by atoms with Gasteiger partial charge in [0.2, 0.25) is 5.91 Å². The average molecular weight is 342 g/mol. The smallest absolute Gasteiger partial charge is 0.245 e. The number of aryl methyl sites for hydroxylation is 1. The summed E-state index contributed by atoms with van der Waals surface area (Å²) in [5.74, 6) is 1.71. The van der Waals surface area contributed by atoms with Crippen LogP contribution in [0, 0.1) is 0 Å².